The van der Waals surface area contributed by atoms with Crippen molar-refractivity contribution in [2.24, 2.45) is 34.6 Å². The van der Waals surface area contributed by atoms with E-state index in [4.69, 9.17) is 10.5 Å². The lowest BCUT2D eigenvalue weighted by molar-refractivity contribution is 0.0821. The molecule has 0 radical (unpaired) electrons. The van der Waals surface area contributed by atoms with Crippen LogP contribution in [0.3, 0.4) is 0 Å². The number of nitrogen functional groups attached to an aromatic ring is 1. The Morgan fingerprint density at radius 3 is 1.70 bits per heavy atom. The topological polar surface area (TPSA) is 235 Å². The SMILES string of the molecule is COc1nc(-n2nc(C)c(N=Nc3c(C(=O)N(C)C)cnn3C)c2N)nc(-n2nc(C)c(N=Nc3c(C(=O)N(C)C)cnn3C)c2C(C)C)n1. The fraction of sp³-hybridized carbons (Fsp3) is 0.414. The minimum Gasteiger partial charge on any atom is -0.467 e. The molecule has 0 saturated heterocycles. The number of nitrogens with zero attached hydrogens (tertiary/aromatic N) is 17. The third-order valence-electron chi connectivity index (χ3n) is 7.40. The predicted molar refractivity (Wildman–Crippen MR) is 179 cm³/mol. The minimum atomic E-state index is -0.280. The number of anilines is 1. The Labute approximate surface area is 286 Å². The monoisotopic (exact) mass is 686 g/mol. The smallest absolute Gasteiger partial charge is 0.322 e. The van der Waals surface area contributed by atoms with Crippen LogP contribution < -0.4 is 10.5 Å². The van der Waals surface area contributed by atoms with Gasteiger partial charge < -0.3 is 20.3 Å². The van der Waals surface area contributed by atoms with E-state index < -0.39 is 0 Å². The van der Waals surface area contributed by atoms with Crippen molar-refractivity contribution >= 4 is 40.6 Å². The number of carbonyl (C=O) groups excluding carboxylic acids is 2. The first-order chi connectivity index (χ1) is 23.6. The summed E-state index contributed by atoms with van der Waals surface area (Å²) in [6, 6.07) is -0.0322. The quantitative estimate of drug-likeness (QED) is 0.209. The van der Waals surface area contributed by atoms with E-state index in [-0.39, 0.29) is 64.3 Å². The number of aryl methyl sites for hydroxylation is 4. The second-order valence-electron chi connectivity index (χ2n) is 11.8. The number of methoxy groups -OCH3 is 1. The van der Waals surface area contributed by atoms with Crippen molar-refractivity contribution in [2.45, 2.75) is 33.6 Å². The second kappa shape index (κ2) is 13.6. The van der Waals surface area contributed by atoms with Crippen molar-refractivity contribution in [2.75, 3.05) is 41.0 Å². The molecule has 0 aliphatic heterocycles. The molecule has 50 heavy (non-hydrogen) atoms. The zero-order valence-corrected chi connectivity index (χ0v) is 29.6. The number of aromatic nitrogens is 11. The van der Waals surface area contributed by atoms with Gasteiger partial charge in [-0.05, 0) is 19.8 Å². The first-order valence-corrected chi connectivity index (χ1v) is 15.2. The van der Waals surface area contributed by atoms with Gasteiger partial charge in [-0.15, -0.1) is 20.5 Å². The number of hydrogen-bond acceptors (Lipinski definition) is 15. The van der Waals surface area contributed by atoms with Gasteiger partial charge in [0.1, 0.15) is 16.8 Å². The number of hydrogen-bond donors (Lipinski definition) is 1. The highest BCUT2D eigenvalue weighted by atomic mass is 16.5. The third kappa shape index (κ3) is 6.39. The molecule has 0 unspecified atom stereocenters. The van der Waals surface area contributed by atoms with E-state index >= 15 is 0 Å². The number of carbonyl (C=O) groups is 2. The molecule has 21 heteroatoms. The van der Waals surface area contributed by atoms with Crippen molar-refractivity contribution in [3.8, 4) is 17.9 Å². The van der Waals surface area contributed by atoms with Gasteiger partial charge in [0.25, 0.3) is 23.7 Å². The first kappa shape index (κ1) is 34.9. The Kier molecular flexibility index (Phi) is 9.50. The molecule has 2 amide bonds. The van der Waals surface area contributed by atoms with Gasteiger partial charge in [-0.3, -0.25) is 9.59 Å². The summed E-state index contributed by atoms with van der Waals surface area (Å²) >= 11 is 0. The van der Waals surface area contributed by atoms with Crippen molar-refractivity contribution in [1.82, 2.24) is 63.9 Å². The second-order valence-corrected chi connectivity index (χ2v) is 11.8. The minimum absolute atomic E-state index is 0.0191. The molecule has 2 N–H and O–H groups in total. The normalized spacial score (nSPS) is 11.8. The maximum absolute atomic E-state index is 12.7. The molecule has 0 fully saturated rings. The van der Waals surface area contributed by atoms with Crippen LogP contribution in [0.2, 0.25) is 0 Å². The summed E-state index contributed by atoms with van der Waals surface area (Å²) in [6.07, 6.45) is 2.87. The predicted octanol–water partition coefficient (Wildman–Crippen LogP) is 3.28. The van der Waals surface area contributed by atoms with Crippen LogP contribution in [0.4, 0.5) is 28.8 Å². The fourth-order valence-electron chi connectivity index (χ4n) is 4.84. The van der Waals surface area contributed by atoms with Crippen molar-refractivity contribution in [3.63, 3.8) is 0 Å². The maximum atomic E-state index is 12.7. The number of rotatable bonds is 10. The van der Waals surface area contributed by atoms with Crippen LogP contribution in [-0.2, 0) is 14.1 Å². The Hall–Kier alpha value is -6.41. The molecular weight excluding hydrogens is 648 g/mol. The van der Waals surface area contributed by atoms with E-state index in [1.165, 1.54) is 48.0 Å². The fourth-order valence-corrected chi connectivity index (χ4v) is 4.84. The maximum Gasteiger partial charge on any atom is 0.322 e. The van der Waals surface area contributed by atoms with Crippen LogP contribution in [-0.4, -0.2) is 111 Å². The molecule has 5 aromatic rings. The summed E-state index contributed by atoms with van der Waals surface area (Å²) in [6.45, 7) is 7.39. The van der Waals surface area contributed by atoms with Crippen molar-refractivity contribution in [1.29, 1.82) is 0 Å². The Bertz CT molecular complexity index is 2150. The number of amides is 2. The third-order valence-corrected chi connectivity index (χ3v) is 7.40. The highest BCUT2D eigenvalue weighted by Gasteiger charge is 2.25. The summed E-state index contributed by atoms with van der Waals surface area (Å²) in [5.41, 5.74) is 9.37. The molecule has 0 spiro atoms. The zero-order chi connectivity index (χ0) is 36.6. The molecular formula is C29H38N18O3. The van der Waals surface area contributed by atoms with E-state index in [0.29, 0.717) is 28.3 Å². The molecule has 0 atom stereocenters. The van der Waals surface area contributed by atoms with Crippen molar-refractivity contribution < 1.29 is 14.3 Å². The van der Waals surface area contributed by atoms with Crippen molar-refractivity contribution in [3.05, 3.63) is 40.6 Å². The van der Waals surface area contributed by atoms with Gasteiger partial charge in [-0.1, -0.05) is 13.8 Å². The molecule has 0 saturated carbocycles. The van der Waals surface area contributed by atoms with Gasteiger partial charge in [0.15, 0.2) is 23.1 Å². The highest BCUT2D eigenvalue weighted by molar-refractivity contribution is 5.98. The molecule has 0 bridgehead atoms. The van der Waals surface area contributed by atoms with E-state index in [1.807, 2.05) is 13.8 Å². The van der Waals surface area contributed by atoms with Gasteiger partial charge in [0.2, 0.25) is 0 Å². The lowest BCUT2D eigenvalue weighted by Gasteiger charge is -2.11. The molecule has 262 valence electrons. The zero-order valence-electron chi connectivity index (χ0n) is 29.6. The molecule has 0 aliphatic carbocycles. The molecule has 5 rings (SSSR count). The Morgan fingerprint density at radius 1 is 0.760 bits per heavy atom. The molecule has 5 heterocycles. The van der Waals surface area contributed by atoms with Gasteiger partial charge in [-0.25, -0.2) is 9.36 Å². The molecule has 0 aliphatic rings. The van der Waals surface area contributed by atoms with Crippen LogP contribution in [0.15, 0.2) is 32.9 Å². The summed E-state index contributed by atoms with van der Waals surface area (Å²) in [5.74, 6) is 0.0494. The number of nitrogens with two attached hydrogens (primary N) is 1. The molecule has 0 aromatic carbocycles. The summed E-state index contributed by atoms with van der Waals surface area (Å²) in [4.78, 5) is 41.7. The van der Waals surface area contributed by atoms with E-state index in [9.17, 15) is 9.59 Å². The lowest BCUT2D eigenvalue weighted by atomic mass is 10.1. The van der Waals surface area contributed by atoms with Gasteiger partial charge in [0.05, 0.1) is 36.6 Å². The number of ether oxygens (including phenoxy) is 1. The molecule has 21 nitrogen and oxygen atoms in total. The van der Waals surface area contributed by atoms with Crippen LogP contribution >= 0.6 is 0 Å². The summed E-state index contributed by atoms with van der Waals surface area (Å²) in [7, 11) is 11.3. The first-order valence-electron chi connectivity index (χ1n) is 15.2. The Morgan fingerprint density at radius 2 is 1.22 bits per heavy atom. The Balaban J connectivity index is 1.57. The van der Waals surface area contributed by atoms with Crippen LogP contribution in [0.5, 0.6) is 6.01 Å². The van der Waals surface area contributed by atoms with Crippen LogP contribution in [0, 0.1) is 13.8 Å². The largest absolute Gasteiger partial charge is 0.467 e. The lowest BCUT2D eigenvalue weighted by Crippen LogP contribution is -2.21. The number of azo groups is 2. The average Bonchev–Trinajstić information content (AvgIpc) is 3.81. The van der Waals surface area contributed by atoms with E-state index in [0.717, 1.165) is 0 Å². The summed E-state index contributed by atoms with van der Waals surface area (Å²) in [5, 5.41) is 35.1. The van der Waals surface area contributed by atoms with Gasteiger partial charge in [-0.2, -0.15) is 44.7 Å². The van der Waals surface area contributed by atoms with Crippen LogP contribution in [0.25, 0.3) is 11.9 Å². The molecule has 5 aromatic heterocycles. The van der Waals surface area contributed by atoms with E-state index in [1.54, 1.807) is 56.1 Å². The highest BCUT2D eigenvalue weighted by Crippen LogP contribution is 2.35. The van der Waals surface area contributed by atoms with Crippen LogP contribution in [0.1, 0.15) is 57.6 Å². The van der Waals surface area contributed by atoms with Gasteiger partial charge in [0, 0.05) is 42.3 Å². The van der Waals surface area contributed by atoms with Gasteiger partial charge >= 0.3 is 6.01 Å². The standard InChI is InChI=1S/C29H38N18O3/c1-14(2)21-19(36-38-23-17(12-31-44(23)9)25(48)42(5)6)15(3)40-46(21)27-33-28(35-29(34-27)50-11)47-22(30)20(16(4)41-47)37-39-24-18(13-32-45(24)10)26(49)43(7)8/h12-14H,30H2,1-11H3. The average molecular weight is 687 g/mol. The van der Waals surface area contributed by atoms with E-state index in [2.05, 4.69) is 55.8 Å². The summed E-state index contributed by atoms with van der Waals surface area (Å²) < 4.78 is 11.1.